The van der Waals surface area contributed by atoms with Crippen LogP contribution in [0.2, 0.25) is 0 Å². The van der Waals surface area contributed by atoms with Gasteiger partial charge in [-0.1, -0.05) is 35.2 Å². The van der Waals surface area contributed by atoms with Crippen LogP contribution < -0.4 is 5.56 Å². The number of aryl methyl sites for hydroxylation is 2. The quantitative estimate of drug-likeness (QED) is 0.478. The number of nitrogens with zero attached hydrogens (tertiary/aromatic N) is 7. The highest BCUT2D eigenvalue weighted by molar-refractivity contribution is 7.98. The molecule has 0 unspecified atom stereocenters. The highest BCUT2D eigenvalue weighted by Crippen LogP contribution is 2.17. The molecule has 0 atom stereocenters. The van der Waals surface area contributed by atoms with E-state index in [0.29, 0.717) is 28.5 Å². The normalized spacial score (nSPS) is 11.2. The van der Waals surface area contributed by atoms with Gasteiger partial charge in [0.2, 0.25) is 5.16 Å². The molecule has 0 N–H and O–H groups in total. The summed E-state index contributed by atoms with van der Waals surface area (Å²) in [5.41, 5.74) is 0.422. The summed E-state index contributed by atoms with van der Waals surface area (Å²) in [6.07, 6.45) is 0.867. The Morgan fingerprint density at radius 2 is 1.96 bits per heavy atom. The molecule has 3 heterocycles. The maximum absolute atomic E-state index is 12.4. The van der Waals surface area contributed by atoms with Crippen LogP contribution in [0.4, 0.5) is 0 Å². The number of rotatable bonds is 6. The largest absolute Gasteiger partial charge is 0.278 e. The van der Waals surface area contributed by atoms with Crippen LogP contribution >= 0.6 is 23.1 Å². The van der Waals surface area contributed by atoms with Crippen molar-refractivity contribution in [1.29, 1.82) is 0 Å². The molecule has 4 aromatic rings. The summed E-state index contributed by atoms with van der Waals surface area (Å²) in [4.78, 5) is 13.7. The van der Waals surface area contributed by atoms with Gasteiger partial charge in [0.1, 0.15) is 5.52 Å². The third kappa shape index (κ3) is 3.44. The molecule has 126 valence electrons. The summed E-state index contributed by atoms with van der Waals surface area (Å²) in [7, 11) is 0. The average molecular weight is 371 g/mol. The van der Waals surface area contributed by atoms with Gasteiger partial charge in [0.25, 0.3) is 5.56 Å². The van der Waals surface area contributed by atoms with Crippen LogP contribution in [0, 0.1) is 0 Å². The van der Waals surface area contributed by atoms with Gasteiger partial charge in [-0.3, -0.25) is 4.79 Å². The number of thioether (sulfide) groups is 1. The molecule has 8 nitrogen and oxygen atoms in total. The Bertz CT molecular complexity index is 1040. The molecule has 0 aliphatic rings. The summed E-state index contributed by atoms with van der Waals surface area (Å²) in [5, 5.41) is 23.1. The lowest BCUT2D eigenvalue weighted by atomic mass is 10.2. The Labute approximate surface area is 150 Å². The molecule has 0 saturated carbocycles. The number of tetrazole rings is 1. The van der Waals surface area contributed by atoms with Gasteiger partial charge < -0.3 is 0 Å². The zero-order valence-corrected chi connectivity index (χ0v) is 14.7. The first-order valence-electron chi connectivity index (χ1n) is 7.55. The molecule has 0 radical (unpaired) electrons. The smallest absolute Gasteiger partial charge is 0.267 e. The average Bonchev–Trinajstić information content (AvgIpc) is 3.31. The van der Waals surface area contributed by atoms with Gasteiger partial charge in [-0.25, -0.2) is 4.68 Å². The van der Waals surface area contributed by atoms with E-state index >= 15 is 0 Å². The molecule has 0 aliphatic heterocycles. The van der Waals surface area contributed by atoms with Crippen molar-refractivity contribution in [3.05, 3.63) is 57.0 Å². The lowest BCUT2D eigenvalue weighted by Gasteiger charge is -2.05. The molecule has 3 aromatic heterocycles. The Morgan fingerprint density at radius 3 is 2.84 bits per heavy atom. The van der Waals surface area contributed by atoms with Gasteiger partial charge in [0.05, 0.1) is 17.8 Å². The second kappa shape index (κ2) is 7.11. The van der Waals surface area contributed by atoms with Gasteiger partial charge in [-0.15, -0.1) is 21.5 Å². The van der Waals surface area contributed by atoms with Crippen LogP contribution in [0.1, 0.15) is 4.88 Å². The third-order valence-corrected chi connectivity index (χ3v) is 5.45. The minimum absolute atomic E-state index is 0.171. The highest BCUT2D eigenvalue weighted by Gasteiger charge is 2.10. The van der Waals surface area contributed by atoms with E-state index in [2.05, 4.69) is 37.3 Å². The molecule has 0 aliphatic carbocycles. The van der Waals surface area contributed by atoms with Crippen molar-refractivity contribution in [3.8, 4) is 0 Å². The Balaban J connectivity index is 1.48. The minimum Gasteiger partial charge on any atom is -0.267 e. The number of fused-ring (bicyclic) bond motifs is 1. The van der Waals surface area contributed by atoms with E-state index in [1.807, 2.05) is 18.2 Å². The Morgan fingerprint density at radius 1 is 1.04 bits per heavy atom. The molecular weight excluding hydrogens is 358 g/mol. The van der Waals surface area contributed by atoms with Crippen molar-refractivity contribution in [3.63, 3.8) is 0 Å². The number of hydrogen-bond acceptors (Lipinski definition) is 8. The maximum atomic E-state index is 12.4. The highest BCUT2D eigenvalue weighted by atomic mass is 32.2. The van der Waals surface area contributed by atoms with Gasteiger partial charge in [-0.2, -0.15) is 4.68 Å². The van der Waals surface area contributed by atoms with Gasteiger partial charge in [-0.05, 0) is 34.0 Å². The Kier molecular flexibility index (Phi) is 4.53. The fourth-order valence-corrected chi connectivity index (χ4v) is 3.81. The van der Waals surface area contributed by atoms with Crippen molar-refractivity contribution >= 4 is 34.0 Å². The molecule has 1 aromatic carbocycles. The van der Waals surface area contributed by atoms with E-state index in [1.54, 1.807) is 28.2 Å². The summed E-state index contributed by atoms with van der Waals surface area (Å²) in [6, 6.07) is 11.3. The summed E-state index contributed by atoms with van der Waals surface area (Å²) in [5.74, 6) is 0.302. The van der Waals surface area contributed by atoms with Crippen LogP contribution in [0.3, 0.4) is 0 Å². The second-order valence-electron chi connectivity index (χ2n) is 5.20. The zero-order valence-electron chi connectivity index (χ0n) is 13.0. The monoisotopic (exact) mass is 371 g/mol. The van der Waals surface area contributed by atoms with Crippen molar-refractivity contribution in [2.75, 3.05) is 0 Å². The first kappa shape index (κ1) is 15.9. The lowest BCUT2D eigenvalue weighted by molar-refractivity contribution is 0.548. The van der Waals surface area contributed by atoms with Gasteiger partial charge in [0.15, 0.2) is 0 Å². The van der Waals surface area contributed by atoms with Crippen LogP contribution in [0.25, 0.3) is 10.9 Å². The van der Waals surface area contributed by atoms with Crippen LogP contribution in [0.5, 0.6) is 0 Å². The third-order valence-electron chi connectivity index (χ3n) is 3.59. The molecule has 0 saturated heterocycles. The molecule has 25 heavy (non-hydrogen) atoms. The number of hydrogen-bond donors (Lipinski definition) is 0. The molecule has 0 amide bonds. The second-order valence-corrected chi connectivity index (χ2v) is 7.14. The summed E-state index contributed by atoms with van der Waals surface area (Å²) < 4.78 is 3.06. The van der Waals surface area contributed by atoms with E-state index in [-0.39, 0.29) is 5.56 Å². The van der Waals surface area contributed by atoms with E-state index in [4.69, 9.17) is 0 Å². The predicted molar refractivity (Wildman–Crippen MR) is 95.5 cm³/mol. The van der Waals surface area contributed by atoms with Gasteiger partial charge in [0, 0.05) is 11.3 Å². The molecule has 0 fully saturated rings. The van der Waals surface area contributed by atoms with Crippen molar-refractivity contribution in [1.82, 2.24) is 35.2 Å². The fraction of sp³-hybridized carbons (Fsp3) is 0.200. The van der Waals surface area contributed by atoms with E-state index in [1.165, 1.54) is 21.3 Å². The molecule has 0 spiro atoms. The van der Waals surface area contributed by atoms with Crippen LogP contribution in [-0.2, 0) is 18.8 Å². The van der Waals surface area contributed by atoms with E-state index < -0.39 is 0 Å². The molecule has 4 rings (SSSR count). The van der Waals surface area contributed by atoms with Crippen LogP contribution in [-0.4, -0.2) is 35.2 Å². The molecule has 0 bridgehead atoms. The summed E-state index contributed by atoms with van der Waals surface area (Å²) >= 11 is 3.07. The number of benzene rings is 1. The summed E-state index contributed by atoms with van der Waals surface area (Å²) in [6.45, 7) is 0.689. The first-order chi connectivity index (χ1) is 12.3. The number of aromatic nitrogens is 7. The van der Waals surface area contributed by atoms with Crippen molar-refractivity contribution in [2.45, 2.75) is 24.0 Å². The molecule has 10 heteroatoms. The van der Waals surface area contributed by atoms with E-state index in [9.17, 15) is 4.79 Å². The first-order valence-corrected chi connectivity index (χ1v) is 9.42. The SMILES string of the molecule is O=c1c2ccccc2nnn1CSc1nnnn1CCc1cccs1. The molecular formula is C15H13N7OS2. The minimum atomic E-state index is -0.171. The lowest BCUT2D eigenvalue weighted by Crippen LogP contribution is -2.23. The van der Waals surface area contributed by atoms with Gasteiger partial charge >= 0.3 is 0 Å². The predicted octanol–water partition coefficient (Wildman–Crippen LogP) is 1.83. The van der Waals surface area contributed by atoms with Crippen LogP contribution in [0.15, 0.2) is 51.7 Å². The maximum Gasteiger partial charge on any atom is 0.278 e. The zero-order chi connectivity index (χ0) is 17.1. The van der Waals surface area contributed by atoms with Crippen molar-refractivity contribution in [2.24, 2.45) is 0 Å². The topological polar surface area (TPSA) is 91.4 Å². The standard InChI is InChI=1S/C15H13N7OS2/c23-14-12-5-1-2-6-13(12)16-19-22(14)10-25-15-17-18-20-21(15)8-7-11-4-3-9-24-11/h1-6,9H,7-8,10H2. The fourth-order valence-electron chi connectivity index (χ4n) is 2.34. The van der Waals surface area contributed by atoms with Crippen molar-refractivity contribution < 1.29 is 0 Å². The van der Waals surface area contributed by atoms with E-state index in [0.717, 1.165) is 6.42 Å². The Hall–Kier alpha value is -2.59. The number of thiophene rings is 1.